The first-order valence-electron chi connectivity index (χ1n) is 6.40. The summed E-state index contributed by atoms with van der Waals surface area (Å²) in [6.45, 7) is 0.750. The molecule has 0 aliphatic carbocycles. The van der Waals surface area contributed by atoms with E-state index < -0.39 is 0 Å². The van der Waals surface area contributed by atoms with Crippen molar-refractivity contribution in [2.75, 3.05) is 6.61 Å². The van der Waals surface area contributed by atoms with Crippen molar-refractivity contribution in [1.29, 1.82) is 0 Å². The van der Waals surface area contributed by atoms with E-state index in [0.717, 1.165) is 5.56 Å². The lowest BCUT2D eigenvalue weighted by Crippen LogP contribution is -2.15. The van der Waals surface area contributed by atoms with Crippen LogP contribution in [0, 0.1) is 5.82 Å². The Balaban J connectivity index is 1.72. The van der Waals surface area contributed by atoms with E-state index in [1.165, 1.54) is 12.1 Å². The Hall–Kier alpha value is -2.36. The van der Waals surface area contributed by atoms with Crippen molar-refractivity contribution in [3.05, 3.63) is 59.4 Å². The van der Waals surface area contributed by atoms with E-state index in [-0.39, 0.29) is 11.6 Å². The molecule has 1 aliphatic heterocycles. The van der Waals surface area contributed by atoms with Crippen molar-refractivity contribution in [1.82, 2.24) is 0 Å². The molecule has 3 rings (SSSR count). The van der Waals surface area contributed by atoms with Gasteiger partial charge in [0.15, 0.2) is 5.78 Å². The molecule has 0 radical (unpaired) electrons. The molecule has 3 nitrogen and oxygen atoms in total. The van der Waals surface area contributed by atoms with E-state index in [2.05, 4.69) is 0 Å². The molecule has 2 aromatic carbocycles. The van der Waals surface area contributed by atoms with Crippen LogP contribution in [0.15, 0.2) is 42.5 Å². The van der Waals surface area contributed by atoms with Gasteiger partial charge in [-0.25, -0.2) is 4.39 Å². The Morgan fingerprint density at radius 3 is 2.75 bits per heavy atom. The standard InChI is InChI=1S/C16H13FO3/c17-12-3-1-11(2-4-12)10-20-13-5-6-14-15(18)7-8-19-16(14)9-13/h1-6,9H,7-8,10H2. The summed E-state index contributed by atoms with van der Waals surface area (Å²) in [6, 6.07) is 11.3. The minimum absolute atomic E-state index is 0.0938. The van der Waals surface area contributed by atoms with Gasteiger partial charge in [0.25, 0.3) is 0 Å². The molecule has 0 fully saturated rings. The van der Waals surface area contributed by atoms with Crippen LogP contribution < -0.4 is 9.47 Å². The Kier molecular flexibility index (Phi) is 3.37. The number of halogens is 1. The largest absolute Gasteiger partial charge is 0.492 e. The van der Waals surface area contributed by atoms with Gasteiger partial charge in [-0.15, -0.1) is 0 Å². The van der Waals surface area contributed by atoms with Crippen LogP contribution in [0.3, 0.4) is 0 Å². The van der Waals surface area contributed by atoms with Gasteiger partial charge in [0.1, 0.15) is 23.9 Å². The molecule has 1 aliphatic rings. The molecule has 0 unspecified atom stereocenters. The lowest BCUT2D eigenvalue weighted by molar-refractivity contribution is 0.0933. The van der Waals surface area contributed by atoms with Crippen molar-refractivity contribution in [3.63, 3.8) is 0 Å². The van der Waals surface area contributed by atoms with E-state index >= 15 is 0 Å². The number of Topliss-reactive ketones (excluding diaryl/α,β-unsaturated/α-hetero) is 1. The number of benzene rings is 2. The van der Waals surface area contributed by atoms with Gasteiger partial charge in [0, 0.05) is 12.5 Å². The van der Waals surface area contributed by atoms with Gasteiger partial charge in [-0.05, 0) is 29.8 Å². The quantitative estimate of drug-likeness (QED) is 0.859. The Bertz CT molecular complexity index is 635. The summed E-state index contributed by atoms with van der Waals surface area (Å²) < 4.78 is 23.9. The third-order valence-electron chi connectivity index (χ3n) is 3.16. The summed E-state index contributed by atoms with van der Waals surface area (Å²) >= 11 is 0. The normalized spacial score (nSPS) is 13.6. The van der Waals surface area contributed by atoms with Crippen LogP contribution in [0.5, 0.6) is 11.5 Å². The van der Waals surface area contributed by atoms with Crippen LogP contribution >= 0.6 is 0 Å². The molecule has 0 amide bonds. The van der Waals surface area contributed by atoms with Crippen molar-refractivity contribution >= 4 is 5.78 Å². The van der Waals surface area contributed by atoms with Crippen molar-refractivity contribution in [2.24, 2.45) is 0 Å². The van der Waals surface area contributed by atoms with Crippen molar-refractivity contribution in [2.45, 2.75) is 13.0 Å². The molecule has 0 atom stereocenters. The monoisotopic (exact) mass is 272 g/mol. The lowest BCUT2D eigenvalue weighted by Gasteiger charge is -2.17. The highest BCUT2D eigenvalue weighted by Gasteiger charge is 2.18. The number of ether oxygens (including phenoxy) is 2. The summed E-state index contributed by atoms with van der Waals surface area (Å²) in [4.78, 5) is 11.7. The van der Waals surface area contributed by atoms with Crippen LogP contribution in [0.4, 0.5) is 4.39 Å². The molecule has 0 N–H and O–H groups in total. The SMILES string of the molecule is O=C1CCOc2cc(OCc3ccc(F)cc3)ccc21. The maximum atomic E-state index is 12.8. The van der Waals surface area contributed by atoms with Gasteiger partial charge >= 0.3 is 0 Å². The Morgan fingerprint density at radius 1 is 1.15 bits per heavy atom. The molecular formula is C16H13FO3. The minimum atomic E-state index is -0.269. The fraction of sp³-hybridized carbons (Fsp3) is 0.188. The number of ketones is 1. The maximum absolute atomic E-state index is 12.8. The fourth-order valence-corrected chi connectivity index (χ4v) is 2.08. The van der Waals surface area contributed by atoms with Gasteiger partial charge in [-0.1, -0.05) is 12.1 Å². The van der Waals surface area contributed by atoms with Gasteiger partial charge in [0.05, 0.1) is 12.2 Å². The molecule has 0 spiro atoms. The summed E-state index contributed by atoms with van der Waals surface area (Å²) in [5, 5.41) is 0. The number of carbonyl (C=O) groups excluding carboxylic acids is 1. The van der Waals surface area contributed by atoms with Gasteiger partial charge in [0.2, 0.25) is 0 Å². The zero-order chi connectivity index (χ0) is 13.9. The van der Waals surface area contributed by atoms with E-state index in [4.69, 9.17) is 9.47 Å². The van der Waals surface area contributed by atoms with E-state index in [9.17, 15) is 9.18 Å². The van der Waals surface area contributed by atoms with E-state index in [0.29, 0.717) is 36.7 Å². The topological polar surface area (TPSA) is 35.5 Å². The second-order valence-corrected chi connectivity index (χ2v) is 4.59. The average molecular weight is 272 g/mol. The molecule has 102 valence electrons. The average Bonchev–Trinajstić information content (AvgIpc) is 2.47. The van der Waals surface area contributed by atoms with Crippen LogP contribution in [-0.4, -0.2) is 12.4 Å². The number of hydrogen-bond acceptors (Lipinski definition) is 3. The highest BCUT2D eigenvalue weighted by atomic mass is 19.1. The maximum Gasteiger partial charge on any atom is 0.169 e. The van der Waals surface area contributed by atoms with Gasteiger partial charge in [-0.3, -0.25) is 4.79 Å². The number of fused-ring (bicyclic) bond motifs is 1. The van der Waals surface area contributed by atoms with E-state index in [1.807, 2.05) is 0 Å². The predicted molar refractivity (Wildman–Crippen MR) is 71.6 cm³/mol. The van der Waals surface area contributed by atoms with Crippen molar-refractivity contribution < 1.29 is 18.7 Å². The van der Waals surface area contributed by atoms with Crippen molar-refractivity contribution in [3.8, 4) is 11.5 Å². The predicted octanol–water partition coefficient (Wildman–Crippen LogP) is 3.37. The number of carbonyl (C=O) groups is 1. The molecule has 4 heteroatoms. The summed E-state index contributed by atoms with van der Waals surface area (Å²) in [7, 11) is 0. The van der Waals surface area contributed by atoms with Crippen LogP contribution in [0.25, 0.3) is 0 Å². The molecule has 1 heterocycles. The first-order chi connectivity index (χ1) is 9.72. The van der Waals surface area contributed by atoms with Gasteiger partial charge < -0.3 is 9.47 Å². The Morgan fingerprint density at radius 2 is 1.95 bits per heavy atom. The molecule has 2 aromatic rings. The first kappa shape index (κ1) is 12.7. The minimum Gasteiger partial charge on any atom is -0.492 e. The van der Waals surface area contributed by atoms with E-state index in [1.54, 1.807) is 30.3 Å². The molecule has 0 aromatic heterocycles. The molecule has 0 saturated heterocycles. The molecule has 0 bridgehead atoms. The molecule has 20 heavy (non-hydrogen) atoms. The Labute approximate surface area is 115 Å². The van der Waals surface area contributed by atoms with Crippen LogP contribution in [0.2, 0.25) is 0 Å². The second kappa shape index (κ2) is 5.33. The fourth-order valence-electron chi connectivity index (χ4n) is 2.08. The third-order valence-corrected chi connectivity index (χ3v) is 3.16. The smallest absolute Gasteiger partial charge is 0.169 e. The van der Waals surface area contributed by atoms with Crippen LogP contribution in [-0.2, 0) is 6.61 Å². The molecule has 0 saturated carbocycles. The zero-order valence-electron chi connectivity index (χ0n) is 10.8. The summed E-state index contributed by atoms with van der Waals surface area (Å²) in [5.41, 5.74) is 1.48. The van der Waals surface area contributed by atoms with Gasteiger partial charge in [-0.2, -0.15) is 0 Å². The highest BCUT2D eigenvalue weighted by molar-refractivity contribution is 5.99. The summed E-state index contributed by atoms with van der Waals surface area (Å²) in [6.07, 6.45) is 0.419. The first-order valence-corrected chi connectivity index (χ1v) is 6.40. The zero-order valence-corrected chi connectivity index (χ0v) is 10.8. The second-order valence-electron chi connectivity index (χ2n) is 4.59. The number of rotatable bonds is 3. The van der Waals surface area contributed by atoms with Crippen LogP contribution in [0.1, 0.15) is 22.3 Å². The third kappa shape index (κ3) is 2.64. The molecular weight excluding hydrogens is 259 g/mol. The lowest BCUT2D eigenvalue weighted by atomic mass is 10.1. The number of hydrogen-bond donors (Lipinski definition) is 0. The summed E-state index contributed by atoms with van der Waals surface area (Å²) in [5.74, 6) is 1.02. The highest BCUT2D eigenvalue weighted by Crippen LogP contribution is 2.29.